The molecule has 2 aromatic rings. The minimum atomic E-state index is -1.26. The third-order valence-electron chi connectivity index (χ3n) is 2.56. The maximum absolute atomic E-state index is 13.7. The highest BCUT2D eigenvalue weighted by molar-refractivity contribution is 6.30. The Hall–Kier alpha value is -2.07. The molecule has 2 rings (SSSR count). The van der Waals surface area contributed by atoms with Crippen LogP contribution in [-0.4, -0.2) is 11.1 Å². The molecule has 0 spiro atoms. The van der Waals surface area contributed by atoms with Gasteiger partial charge in [-0.05, 0) is 36.8 Å². The molecule has 98 valence electrons. The summed E-state index contributed by atoms with van der Waals surface area (Å²) < 4.78 is 19.1. The highest BCUT2D eigenvalue weighted by atomic mass is 35.5. The van der Waals surface area contributed by atoms with E-state index in [4.69, 9.17) is 21.4 Å². The van der Waals surface area contributed by atoms with Gasteiger partial charge in [-0.3, -0.25) is 0 Å². The first-order valence-corrected chi connectivity index (χ1v) is 5.82. The van der Waals surface area contributed by atoms with Crippen LogP contribution >= 0.6 is 11.6 Å². The Morgan fingerprint density at radius 2 is 2.05 bits per heavy atom. The van der Waals surface area contributed by atoms with Gasteiger partial charge in [-0.15, -0.1) is 0 Å². The molecule has 0 heterocycles. The highest BCUT2D eigenvalue weighted by Crippen LogP contribution is 2.32. The van der Waals surface area contributed by atoms with E-state index in [1.165, 1.54) is 18.2 Å². The van der Waals surface area contributed by atoms with E-state index < -0.39 is 11.8 Å². The van der Waals surface area contributed by atoms with Crippen LogP contribution < -0.4 is 4.74 Å². The molecule has 0 saturated heterocycles. The second-order valence-electron chi connectivity index (χ2n) is 3.93. The van der Waals surface area contributed by atoms with Crippen LogP contribution in [0.3, 0.4) is 0 Å². The molecule has 1 N–H and O–H groups in total. The zero-order chi connectivity index (χ0) is 14.0. The summed E-state index contributed by atoms with van der Waals surface area (Å²) in [5.41, 5.74) is 0.489. The van der Waals surface area contributed by atoms with Gasteiger partial charge in [-0.25, -0.2) is 9.18 Å². The lowest BCUT2D eigenvalue weighted by Gasteiger charge is -2.12. The maximum Gasteiger partial charge on any atom is 0.339 e. The number of halogens is 2. The molecule has 2 aromatic carbocycles. The number of aryl methyl sites for hydroxylation is 1. The third-order valence-corrected chi connectivity index (χ3v) is 2.79. The quantitative estimate of drug-likeness (QED) is 0.913. The van der Waals surface area contributed by atoms with E-state index in [1.54, 1.807) is 19.1 Å². The van der Waals surface area contributed by atoms with Gasteiger partial charge < -0.3 is 9.84 Å². The molecule has 0 radical (unpaired) electrons. The Labute approximate surface area is 114 Å². The number of hydrogen-bond donors (Lipinski definition) is 1. The van der Waals surface area contributed by atoms with Gasteiger partial charge >= 0.3 is 5.97 Å². The van der Waals surface area contributed by atoms with Crippen molar-refractivity contribution in [3.63, 3.8) is 0 Å². The van der Waals surface area contributed by atoms with Crippen LogP contribution in [-0.2, 0) is 0 Å². The molecule has 0 aliphatic rings. The number of carboxylic acids is 1. The molecule has 5 heteroatoms. The predicted molar refractivity (Wildman–Crippen MR) is 69.6 cm³/mol. The maximum atomic E-state index is 13.7. The van der Waals surface area contributed by atoms with Crippen molar-refractivity contribution in [2.24, 2.45) is 0 Å². The summed E-state index contributed by atoms with van der Waals surface area (Å²) in [4.78, 5) is 11.0. The number of benzene rings is 2. The van der Waals surface area contributed by atoms with Crippen molar-refractivity contribution < 1.29 is 19.0 Å². The number of aromatic carboxylic acids is 1. The first kappa shape index (κ1) is 13.4. The van der Waals surface area contributed by atoms with Crippen LogP contribution in [0.5, 0.6) is 11.5 Å². The second kappa shape index (κ2) is 5.28. The van der Waals surface area contributed by atoms with Crippen LogP contribution in [0.4, 0.5) is 4.39 Å². The van der Waals surface area contributed by atoms with E-state index in [0.717, 1.165) is 11.6 Å². The summed E-state index contributed by atoms with van der Waals surface area (Å²) in [6, 6.07) is 8.62. The van der Waals surface area contributed by atoms with Crippen molar-refractivity contribution in [2.75, 3.05) is 0 Å². The van der Waals surface area contributed by atoms with Crippen molar-refractivity contribution in [2.45, 2.75) is 6.92 Å². The number of carbonyl (C=O) groups is 1. The van der Waals surface area contributed by atoms with E-state index >= 15 is 0 Å². The fourth-order valence-corrected chi connectivity index (χ4v) is 1.74. The average molecular weight is 281 g/mol. The van der Waals surface area contributed by atoms with Crippen molar-refractivity contribution in [1.29, 1.82) is 0 Å². The summed E-state index contributed by atoms with van der Waals surface area (Å²) in [6.07, 6.45) is 0. The minimum absolute atomic E-state index is 0.237. The largest absolute Gasteiger partial charge is 0.478 e. The van der Waals surface area contributed by atoms with Gasteiger partial charge in [0.2, 0.25) is 0 Å². The Morgan fingerprint density at radius 3 is 2.74 bits per heavy atom. The second-order valence-corrected chi connectivity index (χ2v) is 4.37. The van der Waals surface area contributed by atoms with E-state index in [2.05, 4.69) is 0 Å². The monoisotopic (exact) mass is 280 g/mol. The lowest BCUT2D eigenvalue weighted by atomic mass is 10.2. The van der Waals surface area contributed by atoms with E-state index in [-0.39, 0.29) is 11.3 Å². The zero-order valence-electron chi connectivity index (χ0n) is 9.98. The van der Waals surface area contributed by atoms with Gasteiger partial charge in [0.1, 0.15) is 11.3 Å². The zero-order valence-corrected chi connectivity index (χ0v) is 10.7. The van der Waals surface area contributed by atoms with Crippen LogP contribution in [0.2, 0.25) is 5.02 Å². The summed E-state index contributed by atoms with van der Waals surface area (Å²) in [6.45, 7) is 1.76. The third kappa shape index (κ3) is 2.85. The van der Waals surface area contributed by atoms with Crippen molar-refractivity contribution >= 4 is 17.6 Å². The first-order chi connectivity index (χ1) is 8.99. The number of rotatable bonds is 3. The van der Waals surface area contributed by atoms with Gasteiger partial charge in [0.15, 0.2) is 11.6 Å². The average Bonchev–Trinajstić information content (AvgIpc) is 2.35. The lowest BCUT2D eigenvalue weighted by molar-refractivity contribution is 0.0693. The first-order valence-electron chi connectivity index (χ1n) is 5.45. The van der Waals surface area contributed by atoms with Gasteiger partial charge in [-0.2, -0.15) is 0 Å². The van der Waals surface area contributed by atoms with E-state index in [9.17, 15) is 9.18 Å². The number of para-hydroxylation sites is 1. The van der Waals surface area contributed by atoms with Crippen molar-refractivity contribution in [1.82, 2.24) is 0 Å². The minimum Gasteiger partial charge on any atom is -0.478 e. The summed E-state index contributed by atoms with van der Waals surface area (Å²) in [5.74, 6) is -1.99. The normalized spacial score (nSPS) is 10.3. The summed E-state index contributed by atoms with van der Waals surface area (Å²) in [7, 11) is 0. The molecule has 0 atom stereocenters. The summed E-state index contributed by atoms with van der Waals surface area (Å²) in [5, 5.41) is 9.44. The Balaban J connectivity index is 2.49. The van der Waals surface area contributed by atoms with Crippen molar-refractivity contribution in [3.8, 4) is 11.5 Å². The molecule has 0 bridgehead atoms. The SMILES string of the molecule is Cc1ccc(Cl)cc1Oc1c(F)cccc1C(=O)O. The Bertz CT molecular complexity index is 641. The molecule has 3 nitrogen and oxygen atoms in total. The molecule has 0 saturated carbocycles. The smallest absolute Gasteiger partial charge is 0.339 e. The summed E-state index contributed by atoms with van der Waals surface area (Å²) >= 11 is 5.84. The molecule has 0 aliphatic carbocycles. The molecule has 0 aromatic heterocycles. The number of hydrogen-bond acceptors (Lipinski definition) is 2. The number of ether oxygens (including phenoxy) is 1. The number of carboxylic acid groups (broad SMARTS) is 1. The van der Waals surface area contributed by atoms with E-state index in [0.29, 0.717) is 10.8 Å². The van der Waals surface area contributed by atoms with Crippen LogP contribution in [0.15, 0.2) is 36.4 Å². The van der Waals surface area contributed by atoms with Crippen molar-refractivity contribution in [3.05, 3.63) is 58.4 Å². The fourth-order valence-electron chi connectivity index (χ4n) is 1.57. The molecule has 0 aliphatic heterocycles. The standard InChI is InChI=1S/C14H10ClFO3/c1-8-5-6-9(15)7-12(8)19-13-10(14(17)18)3-2-4-11(13)16/h2-7H,1H3,(H,17,18). The Morgan fingerprint density at radius 1 is 1.32 bits per heavy atom. The molecule has 19 heavy (non-hydrogen) atoms. The molecular formula is C14H10ClFO3. The molecule has 0 amide bonds. The molecular weight excluding hydrogens is 271 g/mol. The van der Waals surface area contributed by atoms with Crippen LogP contribution in [0.1, 0.15) is 15.9 Å². The van der Waals surface area contributed by atoms with Gasteiger partial charge in [0, 0.05) is 5.02 Å². The topological polar surface area (TPSA) is 46.5 Å². The highest BCUT2D eigenvalue weighted by Gasteiger charge is 2.17. The van der Waals surface area contributed by atoms with Gasteiger partial charge in [-0.1, -0.05) is 23.7 Å². The molecule has 0 unspecified atom stereocenters. The predicted octanol–water partition coefficient (Wildman–Crippen LogP) is 4.28. The van der Waals surface area contributed by atoms with Gasteiger partial charge in [0.25, 0.3) is 0 Å². The van der Waals surface area contributed by atoms with Crippen LogP contribution in [0.25, 0.3) is 0 Å². The molecule has 0 fully saturated rings. The van der Waals surface area contributed by atoms with Gasteiger partial charge in [0.05, 0.1) is 0 Å². The van der Waals surface area contributed by atoms with E-state index in [1.807, 2.05) is 0 Å². The fraction of sp³-hybridized carbons (Fsp3) is 0.0714. The van der Waals surface area contributed by atoms with Crippen LogP contribution in [0, 0.1) is 12.7 Å². The Kier molecular flexibility index (Phi) is 3.71. The lowest BCUT2D eigenvalue weighted by Crippen LogP contribution is -2.02.